The van der Waals surface area contributed by atoms with Crippen molar-refractivity contribution >= 4 is 5.96 Å². The summed E-state index contributed by atoms with van der Waals surface area (Å²) in [5.74, 6) is 4.37. The van der Waals surface area contributed by atoms with E-state index < -0.39 is 0 Å². The summed E-state index contributed by atoms with van der Waals surface area (Å²) in [6.45, 7) is 7.36. The molecule has 27 heavy (non-hydrogen) atoms. The second-order valence-corrected chi connectivity index (χ2v) is 7.79. The molecule has 0 aromatic carbocycles. The molecule has 146 valence electrons. The molecule has 2 heterocycles. The predicted molar refractivity (Wildman–Crippen MR) is 110 cm³/mol. The molecule has 0 unspecified atom stereocenters. The van der Waals surface area contributed by atoms with Gasteiger partial charge in [0, 0.05) is 38.2 Å². The van der Waals surface area contributed by atoms with Gasteiger partial charge in [0.15, 0.2) is 5.96 Å². The van der Waals surface area contributed by atoms with Crippen molar-refractivity contribution in [1.82, 2.24) is 25.2 Å². The maximum atomic E-state index is 4.55. The molecule has 6 heteroatoms. The van der Waals surface area contributed by atoms with Gasteiger partial charge in [0.1, 0.15) is 11.6 Å². The summed E-state index contributed by atoms with van der Waals surface area (Å²) in [6, 6.07) is 4.64. The summed E-state index contributed by atoms with van der Waals surface area (Å²) in [6.07, 6.45) is 10.7. The van der Waals surface area contributed by atoms with Crippen molar-refractivity contribution in [3.8, 4) is 5.82 Å². The van der Waals surface area contributed by atoms with Crippen molar-refractivity contribution in [2.75, 3.05) is 7.05 Å². The summed E-state index contributed by atoms with van der Waals surface area (Å²) in [4.78, 5) is 13.2. The van der Waals surface area contributed by atoms with Crippen LogP contribution in [-0.2, 0) is 6.54 Å². The lowest BCUT2D eigenvalue weighted by Crippen LogP contribution is -2.44. The van der Waals surface area contributed by atoms with Crippen LogP contribution in [-0.4, -0.2) is 33.6 Å². The average molecular weight is 369 g/mol. The molecule has 0 bridgehead atoms. The molecule has 0 radical (unpaired) electrons. The summed E-state index contributed by atoms with van der Waals surface area (Å²) >= 11 is 0. The molecule has 0 aliphatic heterocycles. The fourth-order valence-corrected chi connectivity index (χ4v) is 3.79. The number of aromatic nitrogens is 3. The van der Waals surface area contributed by atoms with Crippen molar-refractivity contribution in [2.45, 2.75) is 59.0 Å². The lowest BCUT2D eigenvalue weighted by molar-refractivity contribution is 0.250. The fraction of sp³-hybridized carbons (Fsp3) is 0.571. The van der Waals surface area contributed by atoms with Crippen LogP contribution in [0.1, 0.15) is 50.9 Å². The number of nitrogens with zero attached hydrogens (tertiary/aromatic N) is 4. The van der Waals surface area contributed by atoms with Crippen molar-refractivity contribution < 1.29 is 0 Å². The molecule has 0 saturated heterocycles. The number of hydrogen-bond donors (Lipinski definition) is 2. The lowest BCUT2D eigenvalue weighted by atomic mass is 9.80. The van der Waals surface area contributed by atoms with Crippen LogP contribution in [0.5, 0.6) is 0 Å². The molecule has 2 aromatic heterocycles. The number of aryl methyl sites for hydroxylation is 1. The second-order valence-electron chi connectivity index (χ2n) is 7.79. The number of rotatable bonds is 5. The van der Waals surface area contributed by atoms with E-state index in [1.807, 2.05) is 37.0 Å². The molecular weight excluding hydrogens is 336 g/mol. The molecule has 6 nitrogen and oxygen atoms in total. The molecule has 0 amide bonds. The molecule has 1 aliphatic carbocycles. The largest absolute Gasteiger partial charge is 0.354 e. The smallest absolute Gasteiger partial charge is 0.191 e. The van der Waals surface area contributed by atoms with Crippen LogP contribution in [0.15, 0.2) is 35.7 Å². The number of imidazole rings is 1. The number of guanidine groups is 1. The predicted octanol–water partition coefficient (Wildman–Crippen LogP) is 3.46. The summed E-state index contributed by atoms with van der Waals surface area (Å²) in [5, 5.41) is 7.00. The molecule has 1 saturated carbocycles. The van der Waals surface area contributed by atoms with E-state index in [1.54, 1.807) is 6.20 Å². The SMILES string of the molecule is CN=C(NCc1ccc(-n2ccnc2C)nc1)NC1CCC(C(C)C)CC1. The van der Waals surface area contributed by atoms with Gasteiger partial charge in [0.25, 0.3) is 0 Å². The van der Waals surface area contributed by atoms with E-state index in [-0.39, 0.29) is 0 Å². The highest BCUT2D eigenvalue weighted by Crippen LogP contribution is 2.29. The van der Waals surface area contributed by atoms with Crippen LogP contribution >= 0.6 is 0 Å². The average Bonchev–Trinajstić information content (AvgIpc) is 3.12. The van der Waals surface area contributed by atoms with Crippen molar-refractivity contribution in [3.63, 3.8) is 0 Å². The van der Waals surface area contributed by atoms with E-state index in [4.69, 9.17) is 0 Å². The zero-order chi connectivity index (χ0) is 19.2. The number of aliphatic imine (C=N–C) groups is 1. The highest BCUT2D eigenvalue weighted by atomic mass is 15.2. The van der Waals surface area contributed by atoms with Crippen LogP contribution in [0, 0.1) is 18.8 Å². The van der Waals surface area contributed by atoms with Crippen molar-refractivity contribution in [1.29, 1.82) is 0 Å². The molecule has 2 aromatic rings. The Kier molecular flexibility index (Phi) is 6.48. The molecule has 0 spiro atoms. The van der Waals surface area contributed by atoms with Gasteiger partial charge in [-0.1, -0.05) is 19.9 Å². The quantitative estimate of drug-likeness (QED) is 0.626. The zero-order valence-electron chi connectivity index (χ0n) is 16.9. The zero-order valence-corrected chi connectivity index (χ0v) is 16.9. The van der Waals surface area contributed by atoms with Gasteiger partial charge in [-0.05, 0) is 56.1 Å². The highest BCUT2D eigenvalue weighted by Gasteiger charge is 2.23. The Labute approximate surface area is 162 Å². The van der Waals surface area contributed by atoms with E-state index in [0.29, 0.717) is 12.6 Å². The van der Waals surface area contributed by atoms with Crippen LogP contribution in [0.25, 0.3) is 5.82 Å². The molecule has 3 rings (SSSR count). The van der Waals surface area contributed by atoms with Crippen LogP contribution in [0.4, 0.5) is 0 Å². The van der Waals surface area contributed by atoms with Crippen molar-refractivity contribution in [3.05, 3.63) is 42.1 Å². The number of hydrogen-bond acceptors (Lipinski definition) is 3. The Morgan fingerprint density at radius 3 is 2.56 bits per heavy atom. The molecule has 1 aliphatic rings. The van der Waals surface area contributed by atoms with Gasteiger partial charge >= 0.3 is 0 Å². The molecule has 0 atom stereocenters. The van der Waals surface area contributed by atoms with Crippen molar-refractivity contribution in [2.24, 2.45) is 16.8 Å². The van der Waals surface area contributed by atoms with Gasteiger partial charge in [0.05, 0.1) is 0 Å². The Hall–Kier alpha value is -2.37. The van der Waals surface area contributed by atoms with E-state index >= 15 is 0 Å². The fourth-order valence-electron chi connectivity index (χ4n) is 3.79. The molecule has 2 N–H and O–H groups in total. The Morgan fingerprint density at radius 1 is 1.22 bits per heavy atom. The first-order chi connectivity index (χ1) is 13.1. The topological polar surface area (TPSA) is 67.1 Å². The number of nitrogens with one attached hydrogen (secondary N) is 2. The monoisotopic (exact) mass is 368 g/mol. The Morgan fingerprint density at radius 2 is 2.00 bits per heavy atom. The summed E-state index contributed by atoms with van der Waals surface area (Å²) < 4.78 is 1.98. The minimum Gasteiger partial charge on any atom is -0.354 e. The first kappa shape index (κ1) is 19.4. The normalized spacial score (nSPS) is 20.7. The molecule has 1 fully saturated rings. The van der Waals surface area contributed by atoms with E-state index in [1.165, 1.54) is 25.7 Å². The van der Waals surface area contributed by atoms with Gasteiger partial charge in [-0.3, -0.25) is 9.56 Å². The third-order valence-electron chi connectivity index (χ3n) is 5.62. The first-order valence-electron chi connectivity index (χ1n) is 9.99. The minimum absolute atomic E-state index is 0.524. The second kappa shape index (κ2) is 9.02. The van der Waals surface area contributed by atoms with Crippen LogP contribution in [0.2, 0.25) is 0 Å². The summed E-state index contributed by atoms with van der Waals surface area (Å²) in [5.41, 5.74) is 1.13. The minimum atomic E-state index is 0.524. The van der Waals surface area contributed by atoms with E-state index in [2.05, 4.69) is 45.5 Å². The third-order valence-corrected chi connectivity index (χ3v) is 5.62. The Bertz CT molecular complexity index is 738. The number of pyridine rings is 1. The van der Waals surface area contributed by atoms with Gasteiger partial charge in [0.2, 0.25) is 0 Å². The maximum Gasteiger partial charge on any atom is 0.191 e. The third kappa shape index (κ3) is 5.08. The first-order valence-corrected chi connectivity index (χ1v) is 9.99. The highest BCUT2D eigenvalue weighted by molar-refractivity contribution is 5.79. The summed E-state index contributed by atoms with van der Waals surface area (Å²) in [7, 11) is 1.83. The maximum absolute atomic E-state index is 4.55. The van der Waals surface area contributed by atoms with Gasteiger partial charge in [-0.25, -0.2) is 9.97 Å². The van der Waals surface area contributed by atoms with Crippen LogP contribution < -0.4 is 10.6 Å². The van der Waals surface area contributed by atoms with E-state index in [0.717, 1.165) is 35.0 Å². The molecular formula is C21H32N6. The lowest BCUT2D eigenvalue weighted by Gasteiger charge is -2.32. The Balaban J connectivity index is 1.49. The van der Waals surface area contributed by atoms with Gasteiger partial charge in [-0.2, -0.15) is 0 Å². The standard InChI is InChI=1S/C21H32N6/c1-15(2)18-6-8-19(9-7-18)26-21(22-4)25-14-17-5-10-20(24-13-17)27-12-11-23-16(27)3/h5,10-13,15,18-19H,6-9,14H2,1-4H3,(H2,22,25,26). The van der Waals surface area contributed by atoms with E-state index in [9.17, 15) is 0 Å². The van der Waals surface area contributed by atoms with Gasteiger partial charge in [-0.15, -0.1) is 0 Å². The van der Waals surface area contributed by atoms with Crippen LogP contribution in [0.3, 0.4) is 0 Å². The van der Waals surface area contributed by atoms with Gasteiger partial charge < -0.3 is 10.6 Å².